The normalized spacial score (nSPS) is 13.0. The van der Waals surface area contributed by atoms with Crippen LogP contribution in [0.15, 0.2) is 12.1 Å². The molecule has 0 radical (unpaired) electrons. The van der Waals surface area contributed by atoms with Crippen LogP contribution in [0.3, 0.4) is 0 Å². The molecule has 0 aromatic carbocycles. The molecule has 112 valence electrons. The molecule has 1 atom stereocenters. The lowest BCUT2D eigenvalue weighted by molar-refractivity contribution is 0.0696. The van der Waals surface area contributed by atoms with Gasteiger partial charge in [-0.05, 0) is 12.1 Å². The zero-order valence-corrected chi connectivity index (χ0v) is 13.2. The Bertz CT molecular complexity index is 510. The fraction of sp³-hybridized carbons (Fsp3) is 0.571. The number of aromatic nitrogens is 1. The topological polar surface area (TPSA) is 79.3 Å². The van der Waals surface area contributed by atoms with Gasteiger partial charge in [-0.25, -0.2) is 9.78 Å². The third-order valence-corrected chi connectivity index (χ3v) is 4.10. The van der Waals surface area contributed by atoms with E-state index in [9.17, 15) is 9.00 Å². The summed E-state index contributed by atoms with van der Waals surface area (Å²) in [6, 6.07) is 3.10. The van der Waals surface area contributed by atoms with Crippen LogP contribution in [0.4, 0.5) is 5.82 Å². The minimum absolute atomic E-state index is 0.212. The molecule has 0 saturated carbocycles. The van der Waals surface area contributed by atoms with Crippen molar-refractivity contribution in [3.63, 3.8) is 0 Å². The van der Waals surface area contributed by atoms with Crippen molar-refractivity contribution in [2.75, 3.05) is 23.4 Å². The fourth-order valence-electron chi connectivity index (χ4n) is 1.57. The molecule has 0 aliphatic heterocycles. The third kappa shape index (κ3) is 4.92. The fourth-order valence-corrected chi connectivity index (χ4v) is 2.18. The molecule has 1 unspecified atom stereocenters. The van der Waals surface area contributed by atoms with Crippen molar-refractivity contribution in [3.8, 4) is 0 Å². The minimum Gasteiger partial charge on any atom is -0.478 e. The summed E-state index contributed by atoms with van der Waals surface area (Å²) in [5.74, 6) is 0.693. The second kappa shape index (κ2) is 6.83. The van der Waals surface area contributed by atoms with Crippen LogP contribution in [-0.2, 0) is 16.2 Å². The van der Waals surface area contributed by atoms with Crippen molar-refractivity contribution >= 4 is 22.6 Å². The number of hydrogen-bond donors (Lipinski definition) is 2. The molecule has 2 N–H and O–H groups in total. The van der Waals surface area contributed by atoms with Crippen LogP contribution in [0.25, 0.3) is 0 Å². The maximum Gasteiger partial charge on any atom is 0.335 e. The van der Waals surface area contributed by atoms with E-state index in [1.54, 1.807) is 6.07 Å². The van der Waals surface area contributed by atoms with Crippen LogP contribution < -0.4 is 5.32 Å². The Morgan fingerprint density at radius 2 is 2.05 bits per heavy atom. The molecule has 0 amide bonds. The molecule has 0 spiro atoms. The van der Waals surface area contributed by atoms with Crippen molar-refractivity contribution in [2.45, 2.75) is 33.1 Å². The lowest BCUT2D eigenvalue weighted by Gasteiger charge is -2.19. The Morgan fingerprint density at radius 3 is 2.55 bits per heavy atom. The van der Waals surface area contributed by atoms with E-state index in [1.807, 2.05) is 27.7 Å². The smallest absolute Gasteiger partial charge is 0.335 e. The van der Waals surface area contributed by atoms with Gasteiger partial charge in [-0.2, -0.15) is 0 Å². The lowest BCUT2D eigenvalue weighted by Crippen LogP contribution is -2.18. The second-order valence-corrected chi connectivity index (χ2v) is 7.41. The largest absolute Gasteiger partial charge is 0.478 e. The molecule has 6 heteroatoms. The second-order valence-electron chi connectivity index (χ2n) is 5.54. The number of anilines is 1. The molecular formula is C14H22N2O3S. The van der Waals surface area contributed by atoms with Crippen molar-refractivity contribution in [2.24, 2.45) is 0 Å². The first-order chi connectivity index (χ1) is 9.24. The minimum atomic E-state index is -0.974. The van der Waals surface area contributed by atoms with E-state index in [-0.39, 0.29) is 11.0 Å². The first kappa shape index (κ1) is 16.6. The zero-order valence-electron chi connectivity index (χ0n) is 12.4. The number of carboxylic acids is 1. The number of nitrogens with zero attached hydrogens (tertiary/aromatic N) is 1. The number of hydrogen-bond acceptors (Lipinski definition) is 4. The van der Waals surface area contributed by atoms with Gasteiger partial charge in [0.25, 0.3) is 0 Å². The number of rotatable bonds is 6. The Labute approximate surface area is 122 Å². The van der Waals surface area contributed by atoms with E-state index in [0.29, 0.717) is 23.9 Å². The lowest BCUT2D eigenvalue weighted by atomic mass is 9.91. The Hall–Kier alpha value is -1.43. The molecule has 0 aliphatic rings. The highest BCUT2D eigenvalue weighted by atomic mass is 32.2. The van der Waals surface area contributed by atoms with Crippen LogP contribution in [-0.4, -0.2) is 38.3 Å². The average molecular weight is 298 g/mol. The van der Waals surface area contributed by atoms with E-state index < -0.39 is 16.8 Å². The summed E-state index contributed by atoms with van der Waals surface area (Å²) in [7, 11) is -0.844. The van der Waals surface area contributed by atoms with Crippen molar-refractivity contribution in [1.82, 2.24) is 4.98 Å². The molecule has 1 rings (SSSR count). The molecule has 0 fully saturated rings. The van der Waals surface area contributed by atoms with E-state index >= 15 is 0 Å². The Kier molecular flexibility index (Phi) is 5.68. The molecule has 0 saturated heterocycles. The van der Waals surface area contributed by atoms with Crippen LogP contribution in [0, 0.1) is 0 Å². The van der Waals surface area contributed by atoms with Crippen LogP contribution in [0.2, 0.25) is 0 Å². The van der Waals surface area contributed by atoms with Gasteiger partial charge in [-0.3, -0.25) is 4.21 Å². The van der Waals surface area contributed by atoms with Gasteiger partial charge in [-0.1, -0.05) is 27.7 Å². The summed E-state index contributed by atoms with van der Waals surface area (Å²) in [4.78, 5) is 15.6. The predicted molar refractivity (Wildman–Crippen MR) is 81.9 cm³/mol. The predicted octanol–water partition coefficient (Wildman–Crippen LogP) is 2.26. The van der Waals surface area contributed by atoms with Crippen molar-refractivity contribution < 1.29 is 14.1 Å². The monoisotopic (exact) mass is 298 g/mol. The van der Waals surface area contributed by atoms with Gasteiger partial charge in [0, 0.05) is 40.0 Å². The molecule has 1 aromatic heterocycles. The number of nitrogens with one attached hydrogen (secondary N) is 1. The molecule has 20 heavy (non-hydrogen) atoms. The van der Waals surface area contributed by atoms with Gasteiger partial charge in [0.1, 0.15) is 5.82 Å². The highest BCUT2D eigenvalue weighted by Crippen LogP contribution is 2.23. The van der Waals surface area contributed by atoms with Crippen LogP contribution in [0.1, 0.15) is 43.7 Å². The summed E-state index contributed by atoms with van der Waals surface area (Å²) < 4.78 is 11.4. The Morgan fingerprint density at radius 1 is 1.40 bits per heavy atom. The maximum absolute atomic E-state index is 11.4. The van der Waals surface area contributed by atoms with Gasteiger partial charge < -0.3 is 10.4 Å². The number of pyridine rings is 1. The van der Waals surface area contributed by atoms with E-state index in [4.69, 9.17) is 5.11 Å². The van der Waals surface area contributed by atoms with Gasteiger partial charge in [0.2, 0.25) is 0 Å². The van der Waals surface area contributed by atoms with Gasteiger partial charge in [0.15, 0.2) is 0 Å². The first-order valence-corrected chi connectivity index (χ1v) is 8.07. The number of carbonyl (C=O) groups is 1. The molecular weight excluding hydrogens is 276 g/mol. The highest BCUT2D eigenvalue weighted by Gasteiger charge is 2.19. The quantitative estimate of drug-likeness (QED) is 0.842. The SMILES string of the molecule is CCS(=O)CCNc1cc(C(=O)O)cc(C(C)(C)C)n1. The van der Waals surface area contributed by atoms with Gasteiger partial charge in [0.05, 0.1) is 5.56 Å². The van der Waals surface area contributed by atoms with Crippen molar-refractivity contribution in [3.05, 3.63) is 23.4 Å². The zero-order chi connectivity index (χ0) is 15.3. The standard InChI is InChI=1S/C14H22N2O3S/c1-5-20(19)7-6-15-12-9-10(13(17)18)8-11(16-12)14(2,3)4/h8-9H,5-7H2,1-4H3,(H,15,16)(H,17,18). The number of aromatic carboxylic acids is 1. The van der Waals surface area contributed by atoms with Crippen LogP contribution >= 0.6 is 0 Å². The molecule has 1 aromatic rings. The average Bonchev–Trinajstić information content (AvgIpc) is 2.37. The first-order valence-electron chi connectivity index (χ1n) is 6.58. The van der Waals surface area contributed by atoms with Gasteiger partial charge >= 0.3 is 5.97 Å². The Balaban J connectivity index is 2.92. The summed E-state index contributed by atoms with van der Waals surface area (Å²) >= 11 is 0. The molecule has 0 bridgehead atoms. The summed E-state index contributed by atoms with van der Waals surface area (Å²) in [5, 5.41) is 12.2. The highest BCUT2D eigenvalue weighted by molar-refractivity contribution is 7.84. The van der Waals surface area contributed by atoms with Crippen molar-refractivity contribution in [1.29, 1.82) is 0 Å². The molecule has 1 heterocycles. The molecule has 0 aliphatic carbocycles. The third-order valence-electron chi connectivity index (χ3n) is 2.80. The summed E-state index contributed by atoms with van der Waals surface area (Å²) in [5.41, 5.74) is 0.703. The van der Waals surface area contributed by atoms with E-state index in [1.165, 1.54) is 6.07 Å². The van der Waals surface area contributed by atoms with E-state index in [2.05, 4.69) is 10.3 Å². The summed E-state index contributed by atoms with van der Waals surface area (Å²) in [6.45, 7) is 8.34. The van der Waals surface area contributed by atoms with E-state index in [0.717, 1.165) is 5.69 Å². The maximum atomic E-state index is 11.4. The van der Waals surface area contributed by atoms with Gasteiger partial charge in [-0.15, -0.1) is 0 Å². The summed E-state index contributed by atoms with van der Waals surface area (Å²) in [6.07, 6.45) is 0. The molecule has 5 nitrogen and oxygen atoms in total. The van der Waals surface area contributed by atoms with Crippen LogP contribution in [0.5, 0.6) is 0 Å². The number of carboxylic acid groups (broad SMARTS) is 1.